The zero-order valence-corrected chi connectivity index (χ0v) is 10.4. The van der Waals surface area contributed by atoms with Crippen LogP contribution < -0.4 is 5.73 Å². The normalized spacial score (nSPS) is 29.5. The number of hydrogen-bond acceptors (Lipinski definition) is 4. The molecule has 1 saturated carbocycles. The number of nitrogens with one attached hydrogen (secondary N) is 1. The predicted molar refractivity (Wildman–Crippen MR) is 67.5 cm³/mol. The molecule has 0 spiro atoms. The quantitative estimate of drug-likeness (QED) is 0.606. The molecule has 0 aromatic carbocycles. The molecule has 1 saturated heterocycles. The molecule has 2 aliphatic rings. The number of nitrogens with zero attached hydrogens (tertiary/aromatic N) is 2. The molecule has 3 N–H and O–H groups in total. The molecule has 7 heteroatoms. The Hall–Kier alpha value is -1.89. The monoisotopic (exact) mass is 264 g/mol. The second-order valence-electron chi connectivity index (χ2n) is 5.39. The van der Waals surface area contributed by atoms with Gasteiger partial charge in [0, 0.05) is 25.2 Å². The molecule has 3 atom stereocenters. The Labute approximate surface area is 109 Å². The van der Waals surface area contributed by atoms with E-state index in [1.54, 1.807) is 4.90 Å². The van der Waals surface area contributed by atoms with E-state index >= 15 is 0 Å². The van der Waals surface area contributed by atoms with Crippen LogP contribution in [-0.2, 0) is 0 Å². The van der Waals surface area contributed by atoms with Crippen molar-refractivity contribution in [1.82, 2.24) is 9.88 Å². The van der Waals surface area contributed by atoms with Crippen LogP contribution in [0.3, 0.4) is 0 Å². The lowest BCUT2D eigenvalue weighted by Crippen LogP contribution is -2.33. The van der Waals surface area contributed by atoms with Gasteiger partial charge in [-0.25, -0.2) is 4.98 Å². The van der Waals surface area contributed by atoms with Crippen molar-refractivity contribution in [2.75, 3.05) is 13.1 Å². The Morgan fingerprint density at radius 3 is 2.84 bits per heavy atom. The summed E-state index contributed by atoms with van der Waals surface area (Å²) < 4.78 is 0. The minimum Gasteiger partial charge on any atom is -0.358 e. The number of carbonyl (C=O) groups excluding carboxylic acids is 1. The largest absolute Gasteiger partial charge is 0.358 e. The lowest BCUT2D eigenvalue weighted by atomic mass is 9.98. The van der Waals surface area contributed by atoms with Gasteiger partial charge in [0.25, 0.3) is 5.91 Å². The average molecular weight is 264 g/mol. The highest BCUT2D eigenvalue weighted by atomic mass is 16.6. The molecular formula is C12H16N4O3. The smallest absolute Gasteiger partial charge is 0.321 e. The number of H-pyrrole nitrogens is 1. The maximum Gasteiger partial charge on any atom is 0.321 e. The van der Waals surface area contributed by atoms with Gasteiger partial charge in [-0.1, -0.05) is 0 Å². The molecule has 1 amide bonds. The third-order valence-corrected chi connectivity index (χ3v) is 4.30. The van der Waals surface area contributed by atoms with E-state index < -0.39 is 4.92 Å². The molecule has 2 fully saturated rings. The summed E-state index contributed by atoms with van der Waals surface area (Å²) in [5.74, 6) is 0.548. The van der Waals surface area contributed by atoms with Crippen molar-refractivity contribution in [3.63, 3.8) is 0 Å². The topological polar surface area (TPSA) is 105 Å². The maximum atomic E-state index is 12.3. The fraction of sp³-hybridized carbons (Fsp3) is 0.583. The second kappa shape index (κ2) is 4.34. The molecule has 2 heterocycles. The first-order valence-corrected chi connectivity index (χ1v) is 6.44. The number of rotatable bonds is 2. The first-order valence-electron chi connectivity index (χ1n) is 6.44. The standard InChI is InChI=1S/C12H16N4O3/c13-9-2-1-7-5-15(6-8(7)9)12(17)10-3-4-11(14-10)16(18)19/h3-4,7-9,14H,1-2,5-6,13H2. The zero-order chi connectivity index (χ0) is 13.6. The van der Waals surface area contributed by atoms with Crippen LogP contribution in [0.25, 0.3) is 0 Å². The summed E-state index contributed by atoms with van der Waals surface area (Å²) >= 11 is 0. The first kappa shape index (κ1) is 12.2. The fourth-order valence-corrected chi connectivity index (χ4v) is 3.26. The van der Waals surface area contributed by atoms with Crippen molar-refractivity contribution >= 4 is 11.7 Å². The summed E-state index contributed by atoms with van der Waals surface area (Å²) in [4.78, 5) is 26.6. The maximum absolute atomic E-state index is 12.3. The number of nitrogens with two attached hydrogens (primary N) is 1. The van der Waals surface area contributed by atoms with Gasteiger partial charge in [0.1, 0.15) is 0 Å². The lowest BCUT2D eigenvalue weighted by molar-refractivity contribution is -0.389. The first-order chi connectivity index (χ1) is 9.06. The molecular weight excluding hydrogens is 248 g/mol. The molecule has 19 heavy (non-hydrogen) atoms. The molecule has 102 valence electrons. The summed E-state index contributed by atoms with van der Waals surface area (Å²) in [5.41, 5.74) is 6.31. The number of nitro groups is 1. The zero-order valence-electron chi connectivity index (χ0n) is 10.4. The molecule has 1 aliphatic heterocycles. The van der Waals surface area contributed by atoms with E-state index in [1.165, 1.54) is 12.1 Å². The van der Waals surface area contributed by atoms with Gasteiger partial charge in [0.15, 0.2) is 5.69 Å². The van der Waals surface area contributed by atoms with Gasteiger partial charge in [-0.2, -0.15) is 0 Å². The van der Waals surface area contributed by atoms with Crippen LogP contribution in [0.2, 0.25) is 0 Å². The number of fused-ring (bicyclic) bond motifs is 1. The van der Waals surface area contributed by atoms with E-state index in [9.17, 15) is 14.9 Å². The third kappa shape index (κ3) is 1.99. The summed E-state index contributed by atoms with van der Waals surface area (Å²) in [6, 6.07) is 2.96. The summed E-state index contributed by atoms with van der Waals surface area (Å²) in [5, 5.41) is 10.6. The Balaban J connectivity index is 1.73. The third-order valence-electron chi connectivity index (χ3n) is 4.30. The van der Waals surface area contributed by atoms with Crippen molar-refractivity contribution in [1.29, 1.82) is 0 Å². The number of likely N-dealkylation sites (tertiary alicyclic amines) is 1. The highest BCUT2D eigenvalue weighted by Crippen LogP contribution is 2.37. The average Bonchev–Trinajstić information content (AvgIpc) is 3.05. The number of carbonyl (C=O) groups is 1. The van der Waals surface area contributed by atoms with Crippen LogP contribution in [-0.4, -0.2) is 39.8 Å². The predicted octanol–water partition coefficient (Wildman–Crippen LogP) is 0.732. The molecule has 0 radical (unpaired) electrons. The molecule has 1 aromatic rings. The van der Waals surface area contributed by atoms with Crippen LogP contribution in [0.4, 0.5) is 5.82 Å². The summed E-state index contributed by atoms with van der Waals surface area (Å²) in [6.07, 6.45) is 2.10. The highest BCUT2D eigenvalue weighted by Gasteiger charge is 2.43. The van der Waals surface area contributed by atoms with Gasteiger partial charge in [0.2, 0.25) is 0 Å². The van der Waals surface area contributed by atoms with Gasteiger partial charge in [-0.3, -0.25) is 4.79 Å². The summed E-state index contributed by atoms with van der Waals surface area (Å²) in [7, 11) is 0. The lowest BCUT2D eigenvalue weighted by Gasteiger charge is -2.17. The van der Waals surface area contributed by atoms with Crippen molar-refractivity contribution in [2.24, 2.45) is 17.6 Å². The van der Waals surface area contributed by atoms with Crippen molar-refractivity contribution in [3.05, 3.63) is 27.9 Å². The van der Waals surface area contributed by atoms with Gasteiger partial charge in [-0.05, 0) is 35.7 Å². The Bertz CT molecular complexity index is 527. The van der Waals surface area contributed by atoms with Gasteiger partial charge >= 0.3 is 5.82 Å². The second-order valence-corrected chi connectivity index (χ2v) is 5.39. The van der Waals surface area contributed by atoms with Gasteiger partial charge in [-0.15, -0.1) is 0 Å². The minimum atomic E-state index is -0.536. The Kier molecular flexibility index (Phi) is 2.78. The Morgan fingerprint density at radius 2 is 2.21 bits per heavy atom. The van der Waals surface area contributed by atoms with Crippen LogP contribution in [0, 0.1) is 22.0 Å². The SMILES string of the molecule is NC1CCC2CN(C(=O)c3ccc([N+](=O)[O-])[nH]3)CC12. The fourth-order valence-electron chi connectivity index (χ4n) is 3.26. The van der Waals surface area contributed by atoms with E-state index in [2.05, 4.69) is 4.98 Å². The number of amides is 1. The molecule has 1 aromatic heterocycles. The molecule has 3 unspecified atom stereocenters. The number of hydrogen-bond donors (Lipinski definition) is 2. The highest BCUT2D eigenvalue weighted by molar-refractivity contribution is 5.93. The minimum absolute atomic E-state index is 0.153. The van der Waals surface area contributed by atoms with Crippen LogP contribution in [0.15, 0.2) is 12.1 Å². The van der Waals surface area contributed by atoms with E-state index in [-0.39, 0.29) is 23.5 Å². The Morgan fingerprint density at radius 1 is 1.42 bits per heavy atom. The van der Waals surface area contributed by atoms with E-state index in [0.717, 1.165) is 12.8 Å². The van der Waals surface area contributed by atoms with Crippen LogP contribution in [0.1, 0.15) is 23.3 Å². The van der Waals surface area contributed by atoms with Crippen LogP contribution in [0.5, 0.6) is 0 Å². The van der Waals surface area contributed by atoms with E-state index in [1.807, 2.05) is 0 Å². The number of aromatic amines is 1. The van der Waals surface area contributed by atoms with Crippen molar-refractivity contribution in [3.8, 4) is 0 Å². The molecule has 0 bridgehead atoms. The van der Waals surface area contributed by atoms with Crippen molar-refractivity contribution < 1.29 is 9.72 Å². The molecule has 1 aliphatic carbocycles. The van der Waals surface area contributed by atoms with Gasteiger partial charge in [0.05, 0.1) is 0 Å². The van der Waals surface area contributed by atoms with E-state index in [4.69, 9.17) is 5.73 Å². The van der Waals surface area contributed by atoms with Crippen molar-refractivity contribution in [2.45, 2.75) is 18.9 Å². The van der Waals surface area contributed by atoms with Crippen LogP contribution >= 0.6 is 0 Å². The molecule has 3 rings (SSSR count). The van der Waals surface area contributed by atoms with E-state index in [0.29, 0.717) is 24.9 Å². The van der Waals surface area contributed by atoms with Gasteiger partial charge < -0.3 is 20.7 Å². The number of aromatic nitrogens is 1. The summed E-state index contributed by atoms with van der Waals surface area (Å²) in [6.45, 7) is 1.38. The molecule has 7 nitrogen and oxygen atoms in total.